The monoisotopic (exact) mass is 272 g/mol. The van der Waals surface area contributed by atoms with Crippen molar-refractivity contribution >= 4 is 12.0 Å². The molecule has 0 radical (unpaired) electrons. The molecule has 1 fully saturated rings. The zero-order valence-electron chi connectivity index (χ0n) is 11.5. The smallest absolute Gasteiger partial charge is 0.326 e. The molecule has 1 heterocycles. The van der Waals surface area contributed by atoms with Crippen molar-refractivity contribution in [3.63, 3.8) is 0 Å². The first-order valence-corrected chi connectivity index (χ1v) is 7.02. The van der Waals surface area contributed by atoms with Crippen molar-refractivity contribution in [3.05, 3.63) is 0 Å². The zero-order valence-corrected chi connectivity index (χ0v) is 11.5. The molecule has 1 unspecified atom stereocenters. The molecule has 2 atom stereocenters. The highest BCUT2D eigenvalue weighted by atomic mass is 16.5. The molecule has 6 nitrogen and oxygen atoms in total. The number of amides is 2. The minimum atomic E-state index is -0.993. The average Bonchev–Trinajstić information content (AvgIpc) is 2.39. The van der Waals surface area contributed by atoms with Gasteiger partial charge in [0.15, 0.2) is 0 Å². The Balaban J connectivity index is 2.17. The molecule has 0 aromatic carbocycles. The fourth-order valence-electron chi connectivity index (χ4n) is 2.14. The van der Waals surface area contributed by atoms with Gasteiger partial charge in [0.05, 0.1) is 6.10 Å². The van der Waals surface area contributed by atoms with Gasteiger partial charge in [0.1, 0.15) is 6.04 Å². The van der Waals surface area contributed by atoms with E-state index in [1.165, 1.54) is 6.42 Å². The molecule has 1 saturated heterocycles. The largest absolute Gasteiger partial charge is 0.480 e. The summed E-state index contributed by atoms with van der Waals surface area (Å²) in [5.41, 5.74) is 0. The molecule has 0 bridgehead atoms. The quantitative estimate of drug-likeness (QED) is 0.655. The lowest BCUT2D eigenvalue weighted by atomic mass is 10.1. The Morgan fingerprint density at radius 3 is 2.79 bits per heavy atom. The SMILES string of the molecule is CCC[C@@H](NC(=O)NCCC1CCCCO1)C(=O)O. The number of ether oxygens (including phenoxy) is 1. The molecule has 0 aromatic rings. The van der Waals surface area contributed by atoms with E-state index in [0.29, 0.717) is 19.4 Å². The Morgan fingerprint density at radius 2 is 2.21 bits per heavy atom. The Kier molecular flexibility index (Phi) is 7.25. The van der Waals surface area contributed by atoms with Crippen LogP contribution in [-0.2, 0) is 9.53 Å². The molecule has 1 aliphatic heterocycles. The van der Waals surface area contributed by atoms with E-state index in [2.05, 4.69) is 10.6 Å². The van der Waals surface area contributed by atoms with Gasteiger partial charge in [-0.15, -0.1) is 0 Å². The van der Waals surface area contributed by atoms with E-state index in [-0.39, 0.29) is 6.10 Å². The number of rotatable bonds is 7. The van der Waals surface area contributed by atoms with E-state index < -0.39 is 18.0 Å². The van der Waals surface area contributed by atoms with Gasteiger partial charge in [-0.2, -0.15) is 0 Å². The highest BCUT2D eigenvalue weighted by Gasteiger charge is 2.19. The lowest BCUT2D eigenvalue weighted by Gasteiger charge is -2.22. The molecule has 0 saturated carbocycles. The minimum absolute atomic E-state index is 0.222. The van der Waals surface area contributed by atoms with Crippen molar-refractivity contribution in [1.29, 1.82) is 0 Å². The molecule has 3 N–H and O–H groups in total. The number of urea groups is 1. The van der Waals surface area contributed by atoms with Gasteiger partial charge in [-0.1, -0.05) is 13.3 Å². The van der Waals surface area contributed by atoms with Gasteiger partial charge in [0.25, 0.3) is 0 Å². The van der Waals surface area contributed by atoms with Gasteiger partial charge in [-0.05, 0) is 32.1 Å². The number of hydrogen-bond donors (Lipinski definition) is 3. The van der Waals surface area contributed by atoms with E-state index >= 15 is 0 Å². The second kappa shape index (κ2) is 8.74. The summed E-state index contributed by atoms with van der Waals surface area (Å²) < 4.78 is 5.55. The molecule has 1 rings (SSSR count). The summed E-state index contributed by atoms with van der Waals surface area (Å²) in [7, 11) is 0. The van der Waals surface area contributed by atoms with Crippen molar-refractivity contribution in [2.45, 2.75) is 57.6 Å². The third-order valence-corrected chi connectivity index (χ3v) is 3.21. The first-order valence-electron chi connectivity index (χ1n) is 7.02. The standard InChI is InChI=1S/C13H24N2O4/c1-2-5-11(12(16)17)15-13(18)14-8-7-10-6-3-4-9-19-10/h10-11H,2-9H2,1H3,(H,16,17)(H2,14,15,18)/t10?,11-/m1/s1. The van der Waals surface area contributed by atoms with Crippen LogP contribution < -0.4 is 10.6 Å². The van der Waals surface area contributed by atoms with Crippen molar-refractivity contribution in [2.24, 2.45) is 0 Å². The van der Waals surface area contributed by atoms with Crippen LogP contribution in [0.25, 0.3) is 0 Å². The highest BCUT2D eigenvalue weighted by Crippen LogP contribution is 2.14. The number of carboxylic acid groups (broad SMARTS) is 1. The van der Waals surface area contributed by atoms with Gasteiger partial charge >= 0.3 is 12.0 Å². The second-order valence-corrected chi connectivity index (χ2v) is 4.86. The van der Waals surface area contributed by atoms with Gasteiger partial charge in [-0.25, -0.2) is 9.59 Å². The van der Waals surface area contributed by atoms with E-state index in [0.717, 1.165) is 25.9 Å². The van der Waals surface area contributed by atoms with Crippen molar-refractivity contribution in [3.8, 4) is 0 Å². The molecule has 19 heavy (non-hydrogen) atoms. The maximum absolute atomic E-state index is 11.5. The normalized spacial score (nSPS) is 20.6. The third-order valence-electron chi connectivity index (χ3n) is 3.21. The molecule has 2 amide bonds. The van der Waals surface area contributed by atoms with Crippen LogP contribution in [0.4, 0.5) is 4.79 Å². The summed E-state index contributed by atoms with van der Waals surface area (Å²) in [6, 6.07) is -1.23. The fourth-order valence-corrected chi connectivity index (χ4v) is 2.14. The number of nitrogens with one attached hydrogen (secondary N) is 2. The number of carbonyl (C=O) groups excluding carboxylic acids is 1. The number of carbonyl (C=O) groups is 2. The van der Waals surface area contributed by atoms with E-state index in [1.807, 2.05) is 6.92 Å². The van der Waals surface area contributed by atoms with Gasteiger partial charge in [0, 0.05) is 13.2 Å². The summed E-state index contributed by atoms with van der Waals surface area (Å²) >= 11 is 0. The second-order valence-electron chi connectivity index (χ2n) is 4.86. The highest BCUT2D eigenvalue weighted by molar-refractivity contribution is 5.82. The van der Waals surface area contributed by atoms with Gasteiger partial charge in [0.2, 0.25) is 0 Å². The number of hydrogen-bond acceptors (Lipinski definition) is 3. The molecule has 0 aromatic heterocycles. The molecule has 0 aliphatic carbocycles. The van der Waals surface area contributed by atoms with Crippen molar-refractivity contribution in [2.75, 3.05) is 13.2 Å². The molecular formula is C13H24N2O4. The zero-order chi connectivity index (χ0) is 14.1. The first-order chi connectivity index (χ1) is 9.13. The van der Waals surface area contributed by atoms with Gasteiger partial charge in [-0.3, -0.25) is 0 Å². The van der Waals surface area contributed by atoms with Crippen LogP contribution in [0.5, 0.6) is 0 Å². The Labute approximate surface area is 113 Å². The predicted octanol–water partition coefficient (Wildman–Crippen LogP) is 1.50. The lowest BCUT2D eigenvalue weighted by Crippen LogP contribution is -2.46. The van der Waals surface area contributed by atoms with Crippen LogP contribution in [0.15, 0.2) is 0 Å². The fraction of sp³-hybridized carbons (Fsp3) is 0.846. The van der Waals surface area contributed by atoms with Crippen LogP contribution in [0, 0.1) is 0 Å². The van der Waals surface area contributed by atoms with Crippen molar-refractivity contribution < 1.29 is 19.4 Å². The van der Waals surface area contributed by atoms with Crippen LogP contribution in [0.1, 0.15) is 45.4 Å². The maximum Gasteiger partial charge on any atom is 0.326 e. The van der Waals surface area contributed by atoms with Crippen LogP contribution in [0.2, 0.25) is 0 Å². The molecule has 6 heteroatoms. The summed E-state index contributed by atoms with van der Waals surface area (Å²) in [6.45, 7) is 3.19. The number of aliphatic carboxylic acids is 1. The first kappa shape index (κ1) is 15.8. The van der Waals surface area contributed by atoms with Crippen LogP contribution >= 0.6 is 0 Å². The summed E-state index contributed by atoms with van der Waals surface area (Å²) in [5.74, 6) is -0.993. The molecular weight excluding hydrogens is 248 g/mol. The maximum atomic E-state index is 11.5. The Morgan fingerprint density at radius 1 is 1.42 bits per heavy atom. The molecule has 0 spiro atoms. The van der Waals surface area contributed by atoms with E-state index in [9.17, 15) is 9.59 Å². The summed E-state index contributed by atoms with van der Waals surface area (Å²) in [5, 5.41) is 14.1. The average molecular weight is 272 g/mol. The Bertz CT molecular complexity index is 290. The number of carboxylic acids is 1. The van der Waals surface area contributed by atoms with Crippen LogP contribution in [0.3, 0.4) is 0 Å². The lowest BCUT2D eigenvalue weighted by molar-refractivity contribution is -0.139. The summed E-state index contributed by atoms with van der Waals surface area (Å²) in [4.78, 5) is 22.4. The minimum Gasteiger partial charge on any atom is -0.480 e. The Hall–Kier alpha value is -1.30. The van der Waals surface area contributed by atoms with Crippen LogP contribution in [-0.4, -0.2) is 42.4 Å². The summed E-state index contributed by atoms with van der Waals surface area (Å²) in [6.07, 6.45) is 5.48. The predicted molar refractivity (Wildman–Crippen MR) is 71.1 cm³/mol. The molecule has 110 valence electrons. The van der Waals surface area contributed by atoms with Crippen molar-refractivity contribution in [1.82, 2.24) is 10.6 Å². The molecule has 1 aliphatic rings. The van der Waals surface area contributed by atoms with Gasteiger partial charge < -0.3 is 20.5 Å². The van der Waals surface area contributed by atoms with E-state index in [4.69, 9.17) is 9.84 Å². The topological polar surface area (TPSA) is 87.7 Å². The third kappa shape index (κ3) is 6.42. The van der Waals surface area contributed by atoms with E-state index in [1.54, 1.807) is 0 Å².